The molecule has 0 bridgehead atoms. The van der Waals surface area contributed by atoms with E-state index in [0.29, 0.717) is 19.1 Å². The molecule has 0 spiro atoms. The highest BCUT2D eigenvalue weighted by molar-refractivity contribution is 6.74. The monoisotopic (exact) mass is 470 g/mol. The van der Waals surface area contributed by atoms with Crippen LogP contribution in [0.2, 0.25) is 18.1 Å². The third-order valence-electron chi connectivity index (χ3n) is 6.16. The highest BCUT2D eigenvalue weighted by Gasteiger charge is 2.60. The van der Waals surface area contributed by atoms with Crippen LogP contribution in [0, 0.1) is 11.8 Å². The topological polar surface area (TPSA) is 78.7 Å². The predicted octanol–water partition coefficient (Wildman–Crippen LogP) is 5.24. The number of hydrogen-bond donors (Lipinski definition) is 0. The van der Waals surface area contributed by atoms with Crippen molar-refractivity contribution < 1.29 is 23.4 Å². The Hall–Kier alpha value is -1.41. The lowest BCUT2D eigenvalue weighted by Crippen LogP contribution is -2.64. The fourth-order valence-electron chi connectivity index (χ4n) is 3.43. The summed E-state index contributed by atoms with van der Waals surface area (Å²) in [6, 6.07) is -0.334. The summed E-state index contributed by atoms with van der Waals surface area (Å²) < 4.78 is 24.4. The Morgan fingerprint density at radius 3 is 2.00 bits per heavy atom. The lowest BCUT2D eigenvalue weighted by atomic mass is 9.83. The average molecular weight is 471 g/mol. The van der Waals surface area contributed by atoms with Gasteiger partial charge >= 0.3 is 5.97 Å². The van der Waals surface area contributed by atoms with Gasteiger partial charge in [-0.15, -0.1) is 0 Å². The van der Waals surface area contributed by atoms with Gasteiger partial charge in [-0.05, 0) is 50.7 Å². The molecule has 0 aromatic heterocycles. The van der Waals surface area contributed by atoms with Gasteiger partial charge in [-0.3, -0.25) is 0 Å². The van der Waals surface area contributed by atoms with E-state index in [-0.39, 0.29) is 35.4 Å². The molecular formula is C24H46N2O5Si. The third-order valence-corrected chi connectivity index (χ3v) is 10.6. The van der Waals surface area contributed by atoms with Gasteiger partial charge in [0.25, 0.3) is 5.54 Å². The summed E-state index contributed by atoms with van der Waals surface area (Å²) in [5, 5.41) is -0.0551. The van der Waals surface area contributed by atoms with Crippen molar-refractivity contribution in [1.82, 2.24) is 0 Å². The van der Waals surface area contributed by atoms with E-state index >= 15 is 0 Å². The Kier molecular flexibility index (Phi) is 9.96. The minimum absolute atomic E-state index is 0.0542. The van der Waals surface area contributed by atoms with Crippen LogP contribution in [0.5, 0.6) is 0 Å². The van der Waals surface area contributed by atoms with Gasteiger partial charge in [0.15, 0.2) is 8.32 Å². The van der Waals surface area contributed by atoms with Crippen LogP contribution in [0.4, 0.5) is 0 Å². The Balaban J connectivity index is 3.87. The van der Waals surface area contributed by atoms with Crippen molar-refractivity contribution in [2.24, 2.45) is 21.8 Å². The van der Waals surface area contributed by atoms with E-state index < -0.39 is 25.9 Å². The molecule has 0 aromatic carbocycles. The van der Waals surface area contributed by atoms with E-state index in [1.54, 1.807) is 6.92 Å². The molecule has 0 unspecified atom stereocenters. The number of hydrogen-bond acceptors (Lipinski definition) is 7. The molecule has 186 valence electrons. The summed E-state index contributed by atoms with van der Waals surface area (Å²) in [4.78, 5) is 23.6. The molecular weight excluding hydrogens is 424 g/mol. The zero-order chi connectivity index (χ0) is 24.9. The number of carbonyl (C=O) groups is 1. The maximum Gasteiger partial charge on any atom is 0.346 e. The second-order valence-corrected chi connectivity index (χ2v) is 15.2. The van der Waals surface area contributed by atoms with E-state index in [1.165, 1.54) is 0 Å². The van der Waals surface area contributed by atoms with Gasteiger partial charge in [-0.2, -0.15) is 0 Å². The van der Waals surface area contributed by atoms with Gasteiger partial charge in [-0.1, -0.05) is 48.5 Å². The molecule has 1 aliphatic heterocycles. The fraction of sp³-hybridized carbons (Fsp3) is 0.875. The molecule has 0 saturated carbocycles. The summed E-state index contributed by atoms with van der Waals surface area (Å²) in [5.74, 6) is 0.252. The first kappa shape index (κ1) is 28.6. The molecule has 1 rings (SSSR count). The van der Waals surface area contributed by atoms with Crippen LogP contribution in [0.15, 0.2) is 9.98 Å². The van der Waals surface area contributed by atoms with Crippen LogP contribution in [-0.2, 0) is 23.4 Å². The van der Waals surface area contributed by atoms with Crippen molar-refractivity contribution in [2.75, 3.05) is 19.8 Å². The first-order valence-electron chi connectivity index (χ1n) is 12.0. The molecule has 0 fully saturated rings. The Morgan fingerprint density at radius 2 is 1.59 bits per heavy atom. The normalized spacial score (nSPS) is 23.0. The SMILES string of the molecule is CCOC(=O)[C@]1([C@H](O[Si](C)(C)C(C)(C)C)C(C)C)N=C(OCC)[C@H](C(C)C)N=C1OCC. The third kappa shape index (κ3) is 5.93. The zero-order valence-electron chi connectivity index (χ0n) is 22.4. The maximum atomic E-state index is 13.7. The number of esters is 1. The molecule has 8 heteroatoms. The second-order valence-electron chi connectivity index (χ2n) is 10.5. The summed E-state index contributed by atoms with van der Waals surface area (Å²) in [5.41, 5.74) is -1.55. The molecule has 7 nitrogen and oxygen atoms in total. The van der Waals surface area contributed by atoms with E-state index in [0.717, 1.165) is 0 Å². The maximum absolute atomic E-state index is 13.7. The lowest BCUT2D eigenvalue weighted by molar-refractivity contribution is -0.152. The van der Waals surface area contributed by atoms with Crippen molar-refractivity contribution in [3.63, 3.8) is 0 Å². The van der Waals surface area contributed by atoms with Crippen LogP contribution in [-0.4, -0.2) is 63.6 Å². The number of ether oxygens (including phenoxy) is 3. The molecule has 1 heterocycles. The zero-order valence-corrected chi connectivity index (χ0v) is 23.4. The second kappa shape index (κ2) is 11.1. The van der Waals surface area contributed by atoms with E-state index in [2.05, 4.69) is 47.7 Å². The van der Waals surface area contributed by atoms with Crippen LogP contribution in [0.1, 0.15) is 69.2 Å². The van der Waals surface area contributed by atoms with Crippen LogP contribution < -0.4 is 0 Å². The van der Waals surface area contributed by atoms with Crippen molar-refractivity contribution >= 4 is 26.1 Å². The van der Waals surface area contributed by atoms with Gasteiger partial charge in [-0.25, -0.2) is 14.8 Å². The molecule has 0 radical (unpaired) electrons. The number of aliphatic imine (C=N–C) groups is 2. The molecule has 32 heavy (non-hydrogen) atoms. The largest absolute Gasteiger partial charge is 0.480 e. The molecule has 0 amide bonds. The van der Waals surface area contributed by atoms with Crippen LogP contribution >= 0.6 is 0 Å². The summed E-state index contributed by atoms with van der Waals surface area (Å²) in [6.07, 6.45) is -0.615. The fourth-order valence-corrected chi connectivity index (χ4v) is 4.86. The Labute approximate surface area is 196 Å². The summed E-state index contributed by atoms with van der Waals surface area (Å²) in [6.45, 7) is 25.6. The lowest BCUT2D eigenvalue weighted by Gasteiger charge is -2.46. The molecule has 0 saturated heterocycles. The van der Waals surface area contributed by atoms with Gasteiger partial charge in [0.2, 0.25) is 11.8 Å². The smallest absolute Gasteiger partial charge is 0.346 e. The molecule has 0 N–H and O–H groups in total. The summed E-state index contributed by atoms with van der Waals surface area (Å²) >= 11 is 0. The van der Waals surface area contributed by atoms with Crippen LogP contribution in [0.3, 0.4) is 0 Å². The van der Waals surface area contributed by atoms with Crippen molar-refractivity contribution in [1.29, 1.82) is 0 Å². The van der Waals surface area contributed by atoms with Crippen molar-refractivity contribution in [2.45, 2.75) is 105 Å². The van der Waals surface area contributed by atoms with Crippen molar-refractivity contribution in [3.05, 3.63) is 0 Å². The predicted molar refractivity (Wildman–Crippen MR) is 133 cm³/mol. The Bertz CT molecular complexity index is 697. The first-order valence-corrected chi connectivity index (χ1v) is 14.9. The van der Waals surface area contributed by atoms with Gasteiger partial charge < -0.3 is 18.6 Å². The van der Waals surface area contributed by atoms with Crippen molar-refractivity contribution in [3.8, 4) is 0 Å². The van der Waals surface area contributed by atoms with E-state index in [9.17, 15) is 4.79 Å². The number of carbonyl (C=O) groups excluding carboxylic acids is 1. The highest BCUT2D eigenvalue weighted by Crippen LogP contribution is 2.42. The molecule has 1 aliphatic rings. The number of rotatable bonds is 9. The van der Waals surface area contributed by atoms with Gasteiger partial charge in [0.1, 0.15) is 6.04 Å². The summed E-state index contributed by atoms with van der Waals surface area (Å²) in [7, 11) is -2.29. The molecule has 0 aromatic rings. The minimum Gasteiger partial charge on any atom is -0.480 e. The number of nitrogens with zero attached hydrogens (tertiary/aromatic N) is 2. The first-order chi connectivity index (χ1) is 14.7. The Morgan fingerprint density at radius 1 is 1.03 bits per heavy atom. The van der Waals surface area contributed by atoms with E-state index in [4.69, 9.17) is 28.6 Å². The molecule has 0 aliphatic carbocycles. The average Bonchev–Trinajstić information content (AvgIpc) is 2.66. The standard InChI is InChI=1S/C24H46N2O5Si/c1-13-28-20-18(16(4)5)25-21(29-14-2)24(26-20,22(27)30-15-3)19(17(6)7)31-32(11,12)23(8,9)10/h16-19H,13-15H2,1-12H3/t18-,19+,24+/m0/s1. The minimum atomic E-state index is -2.29. The van der Waals surface area contributed by atoms with Gasteiger partial charge in [0.05, 0.1) is 25.9 Å². The van der Waals surface area contributed by atoms with E-state index in [1.807, 2.05) is 27.7 Å². The quantitative estimate of drug-likeness (QED) is 0.340. The van der Waals surface area contributed by atoms with Crippen LogP contribution in [0.25, 0.3) is 0 Å². The van der Waals surface area contributed by atoms with Gasteiger partial charge in [0, 0.05) is 0 Å². The highest BCUT2D eigenvalue weighted by atomic mass is 28.4. The molecule has 3 atom stereocenters.